The highest BCUT2D eigenvalue weighted by atomic mass is 79.9. The second kappa shape index (κ2) is 6.11. The van der Waals surface area contributed by atoms with Gasteiger partial charge in [-0.15, -0.1) is 0 Å². The Morgan fingerprint density at radius 2 is 2.00 bits per heavy atom. The summed E-state index contributed by atoms with van der Waals surface area (Å²) < 4.78 is 27.0. The van der Waals surface area contributed by atoms with E-state index in [1.807, 2.05) is 12.1 Å². The number of rotatable bonds is 4. The average molecular weight is 318 g/mol. The molecule has 0 heterocycles. The average Bonchev–Trinajstić information content (AvgIpc) is 2.31. The molecule has 4 heteroatoms. The molecule has 1 saturated carbocycles. The largest absolute Gasteiger partial charge is 0.314 e. The standard InChI is InChI=1S/C14H18BrF2N/c15-12-3-1-2-11(10-12)6-9-18-13-4-7-14(16,17)8-5-13/h1-3,10,13,18H,4-9H2. The van der Waals surface area contributed by atoms with E-state index in [4.69, 9.17) is 0 Å². The van der Waals surface area contributed by atoms with Crippen LogP contribution in [0.15, 0.2) is 28.7 Å². The number of nitrogens with one attached hydrogen (secondary N) is 1. The summed E-state index contributed by atoms with van der Waals surface area (Å²) >= 11 is 3.44. The van der Waals surface area contributed by atoms with Crippen LogP contribution in [0.3, 0.4) is 0 Å². The third-order valence-corrected chi connectivity index (χ3v) is 3.95. The summed E-state index contributed by atoms with van der Waals surface area (Å²) in [7, 11) is 0. The molecule has 0 saturated heterocycles. The van der Waals surface area contributed by atoms with E-state index in [0.717, 1.165) is 17.4 Å². The zero-order valence-electron chi connectivity index (χ0n) is 10.3. The third-order valence-electron chi connectivity index (χ3n) is 3.45. The molecule has 1 nitrogen and oxygen atoms in total. The lowest BCUT2D eigenvalue weighted by atomic mass is 9.92. The molecule has 100 valence electrons. The van der Waals surface area contributed by atoms with E-state index in [-0.39, 0.29) is 18.9 Å². The van der Waals surface area contributed by atoms with Gasteiger partial charge in [0.15, 0.2) is 0 Å². The number of halogens is 3. The Morgan fingerprint density at radius 3 is 2.67 bits per heavy atom. The lowest BCUT2D eigenvalue weighted by Gasteiger charge is -2.28. The molecule has 0 aliphatic heterocycles. The van der Waals surface area contributed by atoms with Gasteiger partial charge in [-0.05, 0) is 43.5 Å². The van der Waals surface area contributed by atoms with Crippen LogP contribution in [0.1, 0.15) is 31.2 Å². The van der Waals surface area contributed by atoms with E-state index in [0.29, 0.717) is 12.8 Å². The normalized spacial score (nSPS) is 19.9. The molecular weight excluding hydrogens is 300 g/mol. The molecule has 2 rings (SSSR count). The summed E-state index contributed by atoms with van der Waals surface area (Å²) in [4.78, 5) is 0. The Hall–Kier alpha value is -0.480. The van der Waals surface area contributed by atoms with E-state index in [1.54, 1.807) is 0 Å². The van der Waals surface area contributed by atoms with Gasteiger partial charge in [-0.25, -0.2) is 8.78 Å². The maximum absolute atomic E-state index is 13.0. The first-order valence-corrected chi connectivity index (χ1v) is 7.20. The Kier molecular flexibility index (Phi) is 4.73. The minimum atomic E-state index is -2.43. The smallest absolute Gasteiger partial charge is 0.248 e. The van der Waals surface area contributed by atoms with Crippen LogP contribution in [0.2, 0.25) is 0 Å². The minimum absolute atomic E-state index is 0.0293. The van der Waals surface area contributed by atoms with Crippen LogP contribution in [0.4, 0.5) is 8.78 Å². The van der Waals surface area contributed by atoms with Crippen molar-refractivity contribution in [3.63, 3.8) is 0 Å². The van der Waals surface area contributed by atoms with Gasteiger partial charge in [0.05, 0.1) is 0 Å². The molecule has 1 fully saturated rings. The van der Waals surface area contributed by atoms with E-state index >= 15 is 0 Å². The highest BCUT2D eigenvalue weighted by molar-refractivity contribution is 9.10. The van der Waals surface area contributed by atoms with Crippen molar-refractivity contribution < 1.29 is 8.78 Å². The van der Waals surface area contributed by atoms with Crippen molar-refractivity contribution in [3.05, 3.63) is 34.3 Å². The lowest BCUT2D eigenvalue weighted by molar-refractivity contribution is -0.0403. The third kappa shape index (κ3) is 4.32. The van der Waals surface area contributed by atoms with Crippen LogP contribution >= 0.6 is 15.9 Å². The Bertz CT molecular complexity index is 385. The molecule has 1 aliphatic rings. The predicted molar refractivity (Wildman–Crippen MR) is 73.1 cm³/mol. The fourth-order valence-electron chi connectivity index (χ4n) is 2.36. The molecule has 0 aromatic heterocycles. The Balaban J connectivity index is 1.70. The Labute approximate surface area is 115 Å². The highest BCUT2D eigenvalue weighted by Crippen LogP contribution is 2.32. The molecule has 1 aliphatic carbocycles. The van der Waals surface area contributed by atoms with Gasteiger partial charge in [0, 0.05) is 23.4 Å². The second-order valence-electron chi connectivity index (χ2n) is 4.96. The van der Waals surface area contributed by atoms with Gasteiger partial charge in [-0.3, -0.25) is 0 Å². The van der Waals surface area contributed by atoms with Crippen molar-refractivity contribution in [2.45, 2.75) is 44.1 Å². The zero-order chi connectivity index (χ0) is 13.0. The van der Waals surface area contributed by atoms with E-state index in [2.05, 4.69) is 33.4 Å². The number of benzene rings is 1. The SMILES string of the molecule is FC1(F)CCC(NCCc2cccc(Br)c2)CC1. The van der Waals surface area contributed by atoms with Crippen LogP contribution in [-0.4, -0.2) is 18.5 Å². The van der Waals surface area contributed by atoms with Crippen LogP contribution in [0.25, 0.3) is 0 Å². The van der Waals surface area contributed by atoms with Gasteiger partial charge in [-0.1, -0.05) is 28.1 Å². The minimum Gasteiger partial charge on any atom is -0.314 e. The molecule has 0 unspecified atom stereocenters. The molecular formula is C14H18BrF2N. The van der Waals surface area contributed by atoms with Gasteiger partial charge in [0.2, 0.25) is 5.92 Å². The van der Waals surface area contributed by atoms with Gasteiger partial charge >= 0.3 is 0 Å². The van der Waals surface area contributed by atoms with E-state index < -0.39 is 5.92 Å². The highest BCUT2D eigenvalue weighted by Gasteiger charge is 2.34. The molecule has 1 aromatic carbocycles. The topological polar surface area (TPSA) is 12.0 Å². The molecule has 1 N–H and O–H groups in total. The van der Waals surface area contributed by atoms with E-state index in [9.17, 15) is 8.78 Å². The van der Waals surface area contributed by atoms with Crippen LogP contribution in [0, 0.1) is 0 Å². The second-order valence-corrected chi connectivity index (χ2v) is 5.88. The molecule has 0 spiro atoms. The first kappa shape index (κ1) is 13.9. The summed E-state index contributed by atoms with van der Waals surface area (Å²) in [5, 5.41) is 3.38. The summed E-state index contributed by atoms with van der Waals surface area (Å²) in [5.74, 6) is -2.43. The van der Waals surface area contributed by atoms with Crippen molar-refractivity contribution in [2.75, 3.05) is 6.54 Å². The van der Waals surface area contributed by atoms with Gasteiger partial charge in [0.25, 0.3) is 0 Å². The van der Waals surface area contributed by atoms with Crippen LogP contribution in [-0.2, 0) is 6.42 Å². The van der Waals surface area contributed by atoms with Gasteiger partial charge in [-0.2, -0.15) is 0 Å². The van der Waals surface area contributed by atoms with Crippen LogP contribution < -0.4 is 5.32 Å². The van der Waals surface area contributed by atoms with Crippen molar-refractivity contribution in [1.29, 1.82) is 0 Å². The molecule has 0 amide bonds. The Morgan fingerprint density at radius 1 is 1.28 bits per heavy atom. The van der Waals surface area contributed by atoms with Gasteiger partial charge in [0.1, 0.15) is 0 Å². The summed E-state index contributed by atoms with van der Waals surface area (Å²) in [6.45, 7) is 0.854. The first-order chi connectivity index (χ1) is 8.55. The molecule has 18 heavy (non-hydrogen) atoms. The van der Waals surface area contributed by atoms with Crippen molar-refractivity contribution in [2.24, 2.45) is 0 Å². The number of alkyl halides is 2. The molecule has 0 bridgehead atoms. The van der Waals surface area contributed by atoms with Crippen molar-refractivity contribution >= 4 is 15.9 Å². The quantitative estimate of drug-likeness (QED) is 0.879. The molecule has 1 aromatic rings. The summed E-state index contributed by atoms with van der Waals surface area (Å²) in [6.07, 6.45) is 2.17. The van der Waals surface area contributed by atoms with Gasteiger partial charge < -0.3 is 5.32 Å². The summed E-state index contributed by atoms with van der Waals surface area (Å²) in [6, 6.07) is 8.45. The first-order valence-electron chi connectivity index (χ1n) is 6.41. The fourth-order valence-corrected chi connectivity index (χ4v) is 2.80. The zero-order valence-corrected chi connectivity index (χ0v) is 11.8. The molecule has 0 atom stereocenters. The maximum Gasteiger partial charge on any atom is 0.248 e. The number of hydrogen-bond acceptors (Lipinski definition) is 1. The van der Waals surface area contributed by atoms with Crippen LogP contribution in [0.5, 0.6) is 0 Å². The van der Waals surface area contributed by atoms with E-state index in [1.165, 1.54) is 5.56 Å². The fraction of sp³-hybridized carbons (Fsp3) is 0.571. The number of hydrogen-bond donors (Lipinski definition) is 1. The summed E-state index contributed by atoms with van der Waals surface area (Å²) in [5.41, 5.74) is 1.26. The monoisotopic (exact) mass is 317 g/mol. The lowest BCUT2D eigenvalue weighted by Crippen LogP contribution is -2.37. The van der Waals surface area contributed by atoms with Crippen molar-refractivity contribution in [3.8, 4) is 0 Å². The maximum atomic E-state index is 13.0. The predicted octanol–water partition coefficient (Wildman–Crippen LogP) is 4.16. The van der Waals surface area contributed by atoms with Crippen molar-refractivity contribution in [1.82, 2.24) is 5.32 Å². The molecule has 0 radical (unpaired) electrons.